The van der Waals surface area contributed by atoms with Crippen LogP contribution in [0.5, 0.6) is 0 Å². The molecular weight excluding hydrogens is 288 g/mol. The molecule has 1 aliphatic heterocycles. The number of nitrogens with one attached hydrogen (secondary N) is 1. The van der Waals surface area contributed by atoms with Crippen molar-refractivity contribution in [1.82, 2.24) is 14.8 Å². The van der Waals surface area contributed by atoms with Crippen molar-refractivity contribution in [2.75, 3.05) is 38.6 Å². The molecule has 0 aromatic carbocycles. The number of rotatable bonds is 1. The number of methoxy groups -OCH3 is 1. The summed E-state index contributed by atoms with van der Waals surface area (Å²) in [5.41, 5.74) is 0.465. The van der Waals surface area contributed by atoms with Gasteiger partial charge < -0.3 is 19.9 Å². The van der Waals surface area contributed by atoms with Crippen molar-refractivity contribution in [3.8, 4) is 0 Å². The maximum Gasteiger partial charge on any atom is 0.409 e. The van der Waals surface area contributed by atoms with Gasteiger partial charge in [0, 0.05) is 32.4 Å². The molecule has 118 valence electrons. The second-order valence-corrected chi connectivity index (χ2v) is 4.80. The summed E-state index contributed by atoms with van der Waals surface area (Å²) in [6.07, 6.45) is 3.22. The molecule has 22 heavy (non-hydrogen) atoms. The number of nitrogens with zero attached hydrogens (tertiary/aromatic N) is 3. The number of carbonyl (C=O) groups is 3. The van der Waals surface area contributed by atoms with Gasteiger partial charge in [-0.05, 0) is 18.6 Å². The van der Waals surface area contributed by atoms with Crippen LogP contribution in [0, 0.1) is 0 Å². The predicted octanol–water partition coefficient (Wildman–Crippen LogP) is 0.321. The maximum atomic E-state index is 12.2. The van der Waals surface area contributed by atoms with E-state index in [-0.39, 0.29) is 0 Å². The van der Waals surface area contributed by atoms with Crippen LogP contribution in [0.3, 0.4) is 0 Å². The molecule has 1 aromatic heterocycles. The van der Waals surface area contributed by atoms with Crippen LogP contribution in [0.4, 0.5) is 10.5 Å². The first-order chi connectivity index (χ1) is 10.6. The van der Waals surface area contributed by atoms with Gasteiger partial charge in [-0.2, -0.15) is 0 Å². The lowest BCUT2D eigenvalue weighted by Crippen LogP contribution is -2.42. The molecule has 2 heterocycles. The normalized spacial score (nSPS) is 15.0. The molecule has 1 aliphatic rings. The highest BCUT2D eigenvalue weighted by atomic mass is 16.5. The van der Waals surface area contributed by atoms with Gasteiger partial charge in [0.25, 0.3) is 0 Å². The van der Waals surface area contributed by atoms with Gasteiger partial charge in [0.15, 0.2) is 0 Å². The molecule has 1 N–H and O–H groups in total. The molecule has 0 atom stereocenters. The topological polar surface area (TPSA) is 91.8 Å². The third kappa shape index (κ3) is 3.94. The van der Waals surface area contributed by atoms with E-state index in [1.54, 1.807) is 18.3 Å². The smallest absolute Gasteiger partial charge is 0.409 e. The van der Waals surface area contributed by atoms with Crippen LogP contribution < -0.4 is 5.32 Å². The Bertz CT molecular complexity index is 549. The van der Waals surface area contributed by atoms with Crippen LogP contribution in [-0.4, -0.2) is 66.0 Å². The van der Waals surface area contributed by atoms with Crippen molar-refractivity contribution in [3.05, 3.63) is 24.5 Å². The number of anilines is 1. The van der Waals surface area contributed by atoms with E-state index in [9.17, 15) is 14.4 Å². The van der Waals surface area contributed by atoms with Crippen LogP contribution in [0.25, 0.3) is 0 Å². The number of aromatic nitrogens is 1. The summed E-state index contributed by atoms with van der Waals surface area (Å²) in [5, 5.41) is 2.51. The lowest BCUT2D eigenvalue weighted by Gasteiger charge is -2.20. The minimum absolute atomic E-state index is 0.300. The molecule has 0 saturated carbocycles. The van der Waals surface area contributed by atoms with Gasteiger partial charge >= 0.3 is 17.9 Å². The van der Waals surface area contributed by atoms with E-state index in [0.29, 0.717) is 38.3 Å². The van der Waals surface area contributed by atoms with Crippen LogP contribution in [-0.2, 0) is 14.3 Å². The van der Waals surface area contributed by atoms with Gasteiger partial charge in [0.2, 0.25) is 0 Å². The Morgan fingerprint density at radius 2 is 1.91 bits per heavy atom. The molecule has 1 aromatic rings. The highest BCUT2D eigenvalue weighted by Crippen LogP contribution is 2.07. The monoisotopic (exact) mass is 306 g/mol. The summed E-state index contributed by atoms with van der Waals surface area (Å²) < 4.78 is 4.66. The molecule has 8 nitrogen and oxygen atoms in total. The van der Waals surface area contributed by atoms with Gasteiger partial charge in [-0.1, -0.05) is 0 Å². The van der Waals surface area contributed by atoms with Gasteiger partial charge in [0.1, 0.15) is 0 Å². The number of amides is 3. The van der Waals surface area contributed by atoms with Crippen molar-refractivity contribution >= 4 is 23.6 Å². The summed E-state index contributed by atoms with van der Waals surface area (Å²) in [7, 11) is 1.32. The fraction of sp³-hybridized carbons (Fsp3) is 0.429. The zero-order chi connectivity index (χ0) is 15.9. The number of carbonyl (C=O) groups excluding carboxylic acids is 3. The molecule has 0 spiro atoms. The molecule has 0 aliphatic carbocycles. The van der Waals surface area contributed by atoms with Crippen molar-refractivity contribution in [2.24, 2.45) is 0 Å². The predicted molar refractivity (Wildman–Crippen MR) is 78.0 cm³/mol. The lowest BCUT2D eigenvalue weighted by atomic mass is 10.3. The second-order valence-electron chi connectivity index (χ2n) is 4.80. The van der Waals surface area contributed by atoms with Crippen molar-refractivity contribution in [3.63, 3.8) is 0 Å². The van der Waals surface area contributed by atoms with E-state index < -0.39 is 17.9 Å². The number of ether oxygens (including phenoxy) is 1. The number of hydrogen-bond donors (Lipinski definition) is 1. The number of hydrogen-bond acceptors (Lipinski definition) is 5. The van der Waals surface area contributed by atoms with Crippen LogP contribution in [0.1, 0.15) is 6.42 Å². The summed E-state index contributed by atoms with van der Waals surface area (Å²) in [6.45, 7) is 1.57. The zero-order valence-electron chi connectivity index (χ0n) is 12.3. The Morgan fingerprint density at radius 1 is 1.18 bits per heavy atom. The van der Waals surface area contributed by atoms with E-state index in [4.69, 9.17) is 0 Å². The molecule has 0 radical (unpaired) electrons. The Kier molecular flexibility index (Phi) is 5.29. The van der Waals surface area contributed by atoms with E-state index >= 15 is 0 Å². The summed E-state index contributed by atoms with van der Waals surface area (Å²) >= 11 is 0. The first-order valence-corrected chi connectivity index (χ1v) is 6.95. The molecule has 2 rings (SSSR count). The third-order valence-electron chi connectivity index (χ3n) is 3.33. The summed E-state index contributed by atoms with van der Waals surface area (Å²) in [5.74, 6) is -1.32. The first-order valence-electron chi connectivity index (χ1n) is 6.95. The molecule has 1 fully saturated rings. The Labute approximate surface area is 128 Å². The van der Waals surface area contributed by atoms with Gasteiger partial charge in [-0.3, -0.25) is 14.6 Å². The molecule has 0 unspecified atom stereocenters. The fourth-order valence-electron chi connectivity index (χ4n) is 2.20. The zero-order valence-corrected chi connectivity index (χ0v) is 12.3. The van der Waals surface area contributed by atoms with Gasteiger partial charge in [-0.25, -0.2) is 4.79 Å². The van der Waals surface area contributed by atoms with Crippen molar-refractivity contribution in [1.29, 1.82) is 0 Å². The van der Waals surface area contributed by atoms with E-state index in [2.05, 4.69) is 15.0 Å². The van der Waals surface area contributed by atoms with Crippen LogP contribution in [0.15, 0.2) is 24.5 Å². The third-order valence-corrected chi connectivity index (χ3v) is 3.33. The van der Waals surface area contributed by atoms with Crippen molar-refractivity contribution in [2.45, 2.75) is 6.42 Å². The molecule has 0 bridgehead atoms. The van der Waals surface area contributed by atoms with Gasteiger partial charge in [0.05, 0.1) is 19.0 Å². The molecule has 3 amide bonds. The molecular formula is C14H18N4O4. The maximum absolute atomic E-state index is 12.2. The fourth-order valence-corrected chi connectivity index (χ4v) is 2.20. The van der Waals surface area contributed by atoms with Crippen LogP contribution >= 0.6 is 0 Å². The van der Waals surface area contributed by atoms with Gasteiger partial charge in [-0.15, -0.1) is 0 Å². The highest BCUT2D eigenvalue weighted by Gasteiger charge is 2.26. The largest absolute Gasteiger partial charge is 0.453 e. The van der Waals surface area contributed by atoms with E-state index in [1.807, 2.05) is 0 Å². The average Bonchev–Trinajstić information content (AvgIpc) is 2.80. The quantitative estimate of drug-likeness (QED) is 0.754. The van der Waals surface area contributed by atoms with Crippen LogP contribution in [0.2, 0.25) is 0 Å². The minimum atomic E-state index is -0.709. The SMILES string of the molecule is COC(=O)N1CCCN(C(=O)C(=O)Nc2cccnc2)CC1. The Balaban J connectivity index is 1.92. The standard InChI is InChI=1S/C14H18N4O4/c1-22-14(21)18-7-3-6-17(8-9-18)13(20)12(19)16-11-4-2-5-15-10-11/h2,4-5,10H,3,6-9H2,1H3,(H,16,19). The Morgan fingerprint density at radius 3 is 2.59 bits per heavy atom. The van der Waals surface area contributed by atoms with E-state index in [1.165, 1.54) is 23.1 Å². The lowest BCUT2D eigenvalue weighted by molar-refractivity contribution is -0.143. The second kappa shape index (κ2) is 7.39. The summed E-state index contributed by atoms with van der Waals surface area (Å²) in [6, 6.07) is 3.32. The summed E-state index contributed by atoms with van der Waals surface area (Å²) in [4.78, 5) is 42.4. The van der Waals surface area contributed by atoms with E-state index in [0.717, 1.165) is 0 Å². The highest BCUT2D eigenvalue weighted by molar-refractivity contribution is 6.39. The average molecular weight is 306 g/mol. The Hall–Kier alpha value is -2.64. The first kappa shape index (κ1) is 15.7. The van der Waals surface area contributed by atoms with Crippen molar-refractivity contribution < 1.29 is 19.1 Å². The minimum Gasteiger partial charge on any atom is -0.453 e. The molecule has 1 saturated heterocycles. The molecule has 8 heteroatoms. The number of pyridine rings is 1.